The summed E-state index contributed by atoms with van der Waals surface area (Å²) in [4.78, 5) is 10.5. The Morgan fingerprint density at radius 1 is 1.29 bits per heavy atom. The van der Waals surface area contributed by atoms with E-state index >= 15 is 0 Å². The summed E-state index contributed by atoms with van der Waals surface area (Å²) in [5, 5.41) is 11.5. The van der Waals surface area contributed by atoms with Crippen molar-refractivity contribution >= 4 is 49.1 Å². The minimum Gasteiger partial charge on any atom is -0.449 e. The lowest BCUT2D eigenvalue weighted by Crippen LogP contribution is -1.95. The molecule has 0 unspecified atom stereocenters. The van der Waals surface area contributed by atoms with Crippen molar-refractivity contribution < 1.29 is 14.1 Å². The highest BCUT2D eigenvalue weighted by Crippen LogP contribution is 2.37. The average molecular weight is 439 g/mol. The van der Waals surface area contributed by atoms with Gasteiger partial charge in [-0.2, -0.15) is 0 Å². The highest BCUT2D eigenvalue weighted by molar-refractivity contribution is 9.10. The van der Waals surface area contributed by atoms with Crippen LogP contribution in [0.5, 0.6) is 11.5 Å². The van der Waals surface area contributed by atoms with Gasteiger partial charge in [0.25, 0.3) is 0 Å². The van der Waals surface area contributed by atoms with E-state index in [1.807, 2.05) is 0 Å². The van der Waals surface area contributed by atoms with E-state index in [1.54, 1.807) is 6.07 Å². The Labute approximate surface area is 141 Å². The van der Waals surface area contributed by atoms with E-state index in [0.29, 0.717) is 9.80 Å². The van der Waals surface area contributed by atoms with Crippen LogP contribution in [0.2, 0.25) is 5.02 Å². The van der Waals surface area contributed by atoms with Crippen LogP contribution in [0.1, 0.15) is 5.56 Å². The standard InChI is InChI=1S/C13H7Br2ClFNO3/c14-6-7-1-2-12(11(3-7)18(19)20)21-13-5-10(17)9(16)4-8(13)15/h1-5H,6H2. The van der Waals surface area contributed by atoms with Crippen LogP contribution in [0.15, 0.2) is 34.8 Å². The third-order valence-corrected chi connectivity index (χ3v) is 4.13. The number of benzene rings is 2. The molecule has 110 valence electrons. The van der Waals surface area contributed by atoms with Crippen LogP contribution < -0.4 is 4.74 Å². The van der Waals surface area contributed by atoms with Gasteiger partial charge in [-0.05, 0) is 33.6 Å². The Kier molecular flexibility index (Phi) is 5.18. The van der Waals surface area contributed by atoms with Crippen molar-refractivity contribution in [3.63, 3.8) is 0 Å². The summed E-state index contributed by atoms with van der Waals surface area (Å²) < 4.78 is 19.3. The zero-order valence-corrected chi connectivity index (χ0v) is 14.2. The molecule has 0 spiro atoms. The van der Waals surface area contributed by atoms with E-state index in [0.717, 1.165) is 11.6 Å². The largest absolute Gasteiger partial charge is 0.449 e. The van der Waals surface area contributed by atoms with Gasteiger partial charge in [-0.1, -0.05) is 33.6 Å². The molecule has 0 saturated heterocycles. The Morgan fingerprint density at radius 2 is 2.00 bits per heavy atom. The minimum absolute atomic E-state index is 0.0205. The van der Waals surface area contributed by atoms with Crippen LogP contribution in [0.25, 0.3) is 0 Å². The summed E-state index contributed by atoms with van der Waals surface area (Å²) in [6.45, 7) is 0. The molecule has 0 saturated carbocycles. The Bertz CT molecular complexity index is 712. The lowest BCUT2D eigenvalue weighted by atomic mass is 10.2. The molecule has 0 bridgehead atoms. The number of nitrogens with zero attached hydrogens (tertiary/aromatic N) is 1. The lowest BCUT2D eigenvalue weighted by molar-refractivity contribution is -0.385. The first-order chi connectivity index (χ1) is 9.92. The van der Waals surface area contributed by atoms with Crippen LogP contribution in [-0.4, -0.2) is 4.92 Å². The van der Waals surface area contributed by atoms with E-state index in [4.69, 9.17) is 16.3 Å². The van der Waals surface area contributed by atoms with Gasteiger partial charge in [-0.15, -0.1) is 0 Å². The fraction of sp³-hybridized carbons (Fsp3) is 0.0769. The topological polar surface area (TPSA) is 52.4 Å². The molecule has 4 nitrogen and oxygen atoms in total. The van der Waals surface area contributed by atoms with Gasteiger partial charge >= 0.3 is 5.69 Å². The van der Waals surface area contributed by atoms with Gasteiger partial charge < -0.3 is 4.74 Å². The van der Waals surface area contributed by atoms with Crippen molar-refractivity contribution in [1.82, 2.24) is 0 Å². The highest BCUT2D eigenvalue weighted by Gasteiger charge is 2.18. The fourth-order valence-corrected chi connectivity index (χ4v) is 2.64. The Hall–Kier alpha value is -1.18. The third kappa shape index (κ3) is 3.72. The van der Waals surface area contributed by atoms with Gasteiger partial charge in [0.05, 0.1) is 14.4 Å². The van der Waals surface area contributed by atoms with E-state index in [9.17, 15) is 14.5 Å². The van der Waals surface area contributed by atoms with Crippen LogP contribution in [0.3, 0.4) is 0 Å². The number of nitro groups is 1. The fourth-order valence-electron chi connectivity index (χ4n) is 1.58. The van der Waals surface area contributed by atoms with Gasteiger partial charge in [0.1, 0.15) is 11.6 Å². The van der Waals surface area contributed by atoms with Gasteiger partial charge in [-0.25, -0.2) is 4.39 Å². The molecule has 2 aromatic carbocycles. The number of hydrogen-bond donors (Lipinski definition) is 0. The van der Waals surface area contributed by atoms with Gasteiger partial charge in [0, 0.05) is 17.5 Å². The second-order valence-electron chi connectivity index (χ2n) is 3.99. The molecule has 21 heavy (non-hydrogen) atoms. The van der Waals surface area contributed by atoms with Crippen LogP contribution in [0, 0.1) is 15.9 Å². The van der Waals surface area contributed by atoms with Crippen molar-refractivity contribution in [3.05, 3.63) is 61.3 Å². The molecular formula is C13H7Br2ClFNO3. The van der Waals surface area contributed by atoms with Crippen molar-refractivity contribution in [2.75, 3.05) is 0 Å². The monoisotopic (exact) mass is 437 g/mol. The van der Waals surface area contributed by atoms with Crippen LogP contribution >= 0.6 is 43.5 Å². The van der Waals surface area contributed by atoms with Gasteiger partial charge in [0.2, 0.25) is 5.75 Å². The van der Waals surface area contributed by atoms with Crippen molar-refractivity contribution in [2.45, 2.75) is 5.33 Å². The van der Waals surface area contributed by atoms with E-state index in [-0.39, 0.29) is 22.2 Å². The molecular weight excluding hydrogens is 432 g/mol. The molecule has 0 aliphatic heterocycles. The van der Waals surface area contributed by atoms with Gasteiger partial charge in [-0.3, -0.25) is 10.1 Å². The highest BCUT2D eigenvalue weighted by atomic mass is 79.9. The molecule has 0 aliphatic rings. The lowest BCUT2D eigenvalue weighted by Gasteiger charge is -2.09. The van der Waals surface area contributed by atoms with E-state index in [2.05, 4.69) is 31.9 Å². The minimum atomic E-state index is -0.672. The Balaban J connectivity index is 2.44. The number of rotatable bonds is 4. The quantitative estimate of drug-likeness (QED) is 0.260. The predicted molar refractivity (Wildman–Crippen MR) is 84.9 cm³/mol. The molecule has 8 heteroatoms. The first kappa shape index (κ1) is 16.2. The second kappa shape index (κ2) is 6.72. The smallest absolute Gasteiger partial charge is 0.311 e. The molecule has 0 aromatic heterocycles. The summed E-state index contributed by atoms with van der Waals surface area (Å²) in [7, 11) is 0. The summed E-state index contributed by atoms with van der Waals surface area (Å²) in [6.07, 6.45) is 0. The molecule has 0 N–H and O–H groups in total. The number of halogens is 4. The molecule has 0 amide bonds. The van der Waals surface area contributed by atoms with Gasteiger partial charge in [0.15, 0.2) is 0 Å². The SMILES string of the molecule is O=[N+]([O-])c1cc(CBr)ccc1Oc1cc(F)c(Cl)cc1Br. The number of nitro benzene ring substituents is 1. The molecule has 0 aliphatic carbocycles. The number of alkyl halides is 1. The summed E-state index contributed by atoms with van der Waals surface area (Å²) in [5.41, 5.74) is 0.532. The third-order valence-electron chi connectivity index (χ3n) is 2.57. The maximum Gasteiger partial charge on any atom is 0.311 e. The average Bonchev–Trinajstić information content (AvgIpc) is 2.44. The first-order valence-electron chi connectivity index (χ1n) is 5.58. The maximum absolute atomic E-state index is 13.5. The zero-order chi connectivity index (χ0) is 15.6. The molecule has 0 fully saturated rings. The van der Waals surface area contributed by atoms with Crippen molar-refractivity contribution in [3.8, 4) is 11.5 Å². The summed E-state index contributed by atoms with van der Waals surface area (Å²) in [5.74, 6) is -0.548. The van der Waals surface area contributed by atoms with E-state index < -0.39 is 10.7 Å². The maximum atomic E-state index is 13.5. The molecule has 0 heterocycles. The molecule has 0 radical (unpaired) electrons. The van der Waals surface area contributed by atoms with Crippen LogP contribution in [0.4, 0.5) is 10.1 Å². The molecule has 2 rings (SSSR count). The normalized spacial score (nSPS) is 10.5. The van der Waals surface area contributed by atoms with Crippen LogP contribution in [-0.2, 0) is 5.33 Å². The summed E-state index contributed by atoms with van der Waals surface area (Å²) in [6, 6.07) is 6.93. The Morgan fingerprint density at radius 3 is 2.62 bits per heavy atom. The number of hydrogen-bond acceptors (Lipinski definition) is 3. The summed E-state index contributed by atoms with van der Waals surface area (Å²) >= 11 is 12.0. The molecule has 2 aromatic rings. The first-order valence-corrected chi connectivity index (χ1v) is 7.87. The van der Waals surface area contributed by atoms with Crippen molar-refractivity contribution in [2.24, 2.45) is 0 Å². The number of ether oxygens (including phenoxy) is 1. The van der Waals surface area contributed by atoms with E-state index in [1.165, 1.54) is 18.2 Å². The second-order valence-corrected chi connectivity index (χ2v) is 5.81. The molecule has 0 atom stereocenters. The zero-order valence-electron chi connectivity index (χ0n) is 10.3. The van der Waals surface area contributed by atoms with Crippen molar-refractivity contribution in [1.29, 1.82) is 0 Å². The predicted octanol–water partition coefficient (Wildman–Crippen LogP) is 5.84.